The first-order chi connectivity index (χ1) is 15.0. The number of carbonyl (C=O) groups excluding carboxylic acids is 1. The van der Waals surface area contributed by atoms with E-state index in [1.54, 1.807) is 6.08 Å². The van der Waals surface area contributed by atoms with Crippen LogP contribution in [-0.4, -0.2) is 39.7 Å². The van der Waals surface area contributed by atoms with Crippen LogP contribution >= 0.6 is 0 Å². The first-order valence-corrected chi connectivity index (χ1v) is 10.9. The molecule has 6 heteroatoms. The standard InChI is InChI=1S/C25H30N4O2/c1-18-15-22(20(3)29(18)24-16-19(2)31-27-24)9-10-25(30)26-23-11-13-28(14-12-23)17-21-7-5-4-6-8-21/h4-10,15-16,23H,11-14,17H2,1-3H3,(H,26,30)/b10-9+. The van der Waals surface area contributed by atoms with E-state index in [0.29, 0.717) is 0 Å². The third-order valence-electron chi connectivity index (χ3n) is 5.91. The highest BCUT2D eigenvalue weighted by molar-refractivity contribution is 5.92. The van der Waals surface area contributed by atoms with E-state index in [-0.39, 0.29) is 11.9 Å². The molecule has 1 amide bonds. The Bertz CT molecular complexity index is 1060. The number of amides is 1. The van der Waals surface area contributed by atoms with E-state index in [1.165, 1.54) is 5.56 Å². The molecular formula is C25H30N4O2. The van der Waals surface area contributed by atoms with Crippen molar-refractivity contribution in [2.45, 2.75) is 46.2 Å². The number of likely N-dealkylation sites (tertiary alicyclic amines) is 1. The maximum absolute atomic E-state index is 12.5. The molecule has 3 heterocycles. The Kier molecular flexibility index (Phi) is 6.37. The minimum atomic E-state index is -0.0383. The zero-order chi connectivity index (χ0) is 21.8. The molecule has 1 fully saturated rings. The van der Waals surface area contributed by atoms with Gasteiger partial charge in [-0.15, -0.1) is 0 Å². The summed E-state index contributed by atoms with van der Waals surface area (Å²) in [6, 6.07) is 14.7. The summed E-state index contributed by atoms with van der Waals surface area (Å²) in [5, 5.41) is 7.27. The zero-order valence-electron chi connectivity index (χ0n) is 18.5. The van der Waals surface area contributed by atoms with E-state index in [0.717, 1.165) is 61.0 Å². The quantitative estimate of drug-likeness (QED) is 0.610. The van der Waals surface area contributed by atoms with Crippen LogP contribution in [0.1, 0.15) is 41.1 Å². The predicted octanol–water partition coefficient (Wildman–Crippen LogP) is 4.18. The van der Waals surface area contributed by atoms with E-state index in [4.69, 9.17) is 4.52 Å². The average Bonchev–Trinajstić information content (AvgIpc) is 3.30. The number of nitrogens with one attached hydrogen (secondary N) is 1. The lowest BCUT2D eigenvalue weighted by molar-refractivity contribution is -0.117. The van der Waals surface area contributed by atoms with Gasteiger partial charge in [-0.1, -0.05) is 35.5 Å². The molecule has 0 radical (unpaired) electrons. The molecule has 0 atom stereocenters. The lowest BCUT2D eigenvalue weighted by atomic mass is 10.0. The molecule has 0 aliphatic carbocycles. The van der Waals surface area contributed by atoms with Crippen molar-refractivity contribution < 1.29 is 9.32 Å². The van der Waals surface area contributed by atoms with Crippen LogP contribution in [0.2, 0.25) is 0 Å². The van der Waals surface area contributed by atoms with Crippen molar-refractivity contribution in [3.8, 4) is 5.82 Å². The van der Waals surface area contributed by atoms with E-state index >= 15 is 0 Å². The van der Waals surface area contributed by atoms with E-state index in [2.05, 4.69) is 45.7 Å². The van der Waals surface area contributed by atoms with Crippen LogP contribution in [0.3, 0.4) is 0 Å². The van der Waals surface area contributed by atoms with Gasteiger partial charge in [-0.3, -0.25) is 14.3 Å². The van der Waals surface area contributed by atoms with Crippen molar-refractivity contribution in [3.05, 3.63) is 76.8 Å². The SMILES string of the molecule is Cc1cc(-n2c(C)cc(/C=C/C(=O)NC3CCN(Cc4ccccc4)CC3)c2C)no1. The number of carbonyl (C=O) groups is 1. The molecule has 0 saturated carbocycles. The fourth-order valence-corrected chi connectivity index (χ4v) is 4.26. The number of piperidine rings is 1. The minimum Gasteiger partial charge on any atom is -0.360 e. The molecule has 1 aliphatic heterocycles. The van der Waals surface area contributed by atoms with Gasteiger partial charge in [0.1, 0.15) is 5.76 Å². The van der Waals surface area contributed by atoms with Crippen LogP contribution in [-0.2, 0) is 11.3 Å². The highest BCUT2D eigenvalue weighted by Gasteiger charge is 2.20. The molecule has 1 aromatic carbocycles. The van der Waals surface area contributed by atoms with Gasteiger partial charge in [-0.25, -0.2) is 0 Å². The van der Waals surface area contributed by atoms with Gasteiger partial charge >= 0.3 is 0 Å². The summed E-state index contributed by atoms with van der Waals surface area (Å²) in [7, 11) is 0. The topological polar surface area (TPSA) is 63.3 Å². The van der Waals surface area contributed by atoms with Gasteiger partial charge in [-0.2, -0.15) is 0 Å². The second kappa shape index (κ2) is 9.35. The Balaban J connectivity index is 1.30. The maximum atomic E-state index is 12.5. The van der Waals surface area contributed by atoms with Crippen LogP contribution in [0.15, 0.2) is 53.1 Å². The van der Waals surface area contributed by atoms with Crippen molar-refractivity contribution in [2.24, 2.45) is 0 Å². The minimum absolute atomic E-state index is 0.0383. The van der Waals surface area contributed by atoms with Gasteiger partial charge in [0.05, 0.1) is 0 Å². The van der Waals surface area contributed by atoms with Crippen molar-refractivity contribution >= 4 is 12.0 Å². The first kappa shape index (κ1) is 21.1. The Morgan fingerprint density at radius 2 is 1.90 bits per heavy atom. The van der Waals surface area contributed by atoms with Gasteiger partial charge in [0.2, 0.25) is 5.91 Å². The molecule has 1 saturated heterocycles. The fraction of sp³-hybridized carbons (Fsp3) is 0.360. The summed E-state index contributed by atoms with van der Waals surface area (Å²) < 4.78 is 7.24. The van der Waals surface area contributed by atoms with Gasteiger partial charge in [-0.05, 0) is 56.9 Å². The summed E-state index contributed by atoms with van der Waals surface area (Å²) in [5.74, 6) is 1.50. The lowest BCUT2D eigenvalue weighted by Crippen LogP contribution is -2.43. The molecule has 0 bridgehead atoms. The third kappa shape index (κ3) is 5.14. The molecule has 1 aliphatic rings. The molecule has 0 unspecified atom stereocenters. The van der Waals surface area contributed by atoms with E-state index in [1.807, 2.05) is 43.5 Å². The number of nitrogens with zero attached hydrogens (tertiary/aromatic N) is 3. The Labute approximate surface area is 183 Å². The lowest BCUT2D eigenvalue weighted by Gasteiger charge is -2.32. The zero-order valence-corrected chi connectivity index (χ0v) is 18.5. The van der Waals surface area contributed by atoms with Crippen LogP contribution < -0.4 is 5.32 Å². The molecule has 6 nitrogen and oxygen atoms in total. The number of hydrogen-bond donors (Lipinski definition) is 1. The van der Waals surface area contributed by atoms with Crippen molar-refractivity contribution in [1.29, 1.82) is 0 Å². The number of aromatic nitrogens is 2. The highest BCUT2D eigenvalue weighted by Crippen LogP contribution is 2.22. The predicted molar refractivity (Wildman–Crippen MR) is 122 cm³/mol. The Morgan fingerprint density at radius 3 is 2.58 bits per heavy atom. The molecule has 4 rings (SSSR count). The van der Waals surface area contributed by atoms with Crippen molar-refractivity contribution in [2.75, 3.05) is 13.1 Å². The maximum Gasteiger partial charge on any atom is 0.244 e. The summed E-state index contributed by atoms with van der Waals surface area (Å²) in [4.78, 5) is 14.9. The number of hydrogen-bond acceptors (Lipinski definition) is 4. The average molecular weight is 419 g/mol. The third-order valence-corrected chi connectivity index (χ3v) is 5.91. The molecule has 162 valence electrons. The summed E-state index contributed by atoms with van der Waals surface area (Å²) in [6.45, 7) is 8.91. The molecule has 31 heavy (non-hydrogen) atoms. The van der Waals surface area contributed by atoms with Gasteiger partial charge in [0.15, 0.2) is 5.82 Å². The summed E-state index contributed by atoms with van der Waals surface area (Å²) in [6.07, 6.45) is 5.47. The Hall–Kier alpha value is -3.12. The van der Waals surface area contributed by atoms with Crippen molar-refractivity contribution in [3.63, 3.8) is 0 Å². The van der Waals surface area contributed by atoms with E-state index < -0.39 is 0 Å². The Morgan fingerprint density at radius 1 is 1.16 bits per heavy atom. The molecule has 1 N–H and O–H groups in total. The first-order valence-electron chi connectivity index (χ1n) is 10.9. The largest absolute Gasteiger partial charge is 0.360 e. The smallest absolute Gasteiger partial charge is 0.244 e. The normalized spacial score (nSPS) is 15.6. The number of benzene rings is 1. The fourth-order valence-electron chi connectivity index (χ4n) is 4.26. The second-order valence-corrected chi connectivity index (χ2v) is 8.34. The molecule has 0 spiro atoms. The molecule has 2 aromatic heterocycles. The van der Waals surface area contributed by atoms with Crippen LogP contribution in [0, 0.1) is 20.8 Å². The van der Waals surface area contributed by atoms with Gasteiger partial charge < -0.3 is 9.84 Å². The second-order valence-electron chi connectivity index (χ2n) is 8.34. The van der Waals surface area contributed by atoms with E-state index in [9.17, 15) is 4.79 Å². The molecular weight excluding hydrogens is 388 g/mol. The summed E-state index contributed by atoms with van der Waals surface area (Å²) in [5.41, 5.74) is 4.43. The molecule has 3 aromatic rings. The monoisotopic (exact) mass is 418 g/mol. The van der Waals surface area contributed by atoms with Crippen LogP contribution in [0.4, 0.5) is 0 Å². The van der Waals surface area contributed by atoms with Gasteiger partial charge in [0, 0.05) is 49.2 Å². The van der Waals surface area contributed by atoms with Gasteiger partial charge in [0.25, 0.3) is 0 Å². The van der Waals surface area contributed by atoms with Crippen LogP contribution in [0.25, 0.3) is 11.9 Å². The number of rotatable bonds is 6. The highest BCUT2D eigenvalue weighted by atomic mass is 16.5. The van der Waals surface area contributed by atoms with Crippen molar-refractivity contribution in [1.82, 2.24) is 19.9 Å². The summed E-state index contributed by atoms with van der Waals surface area (Å²) >= 11 is 0. The number of aryl methyl sites for hydroxylation is 2. The van der Waals surface area contributed by atoms with Crippen LogP contribution in [0.5, 0.6) is 0 Å².